The topological polar surface area (TPSA) is 86.7 Å². The van der Waals surface area contributed by atoms with Crippen LogP contribution in [0.3, 0.4) is 0 Å². The average Bonchev–Trinajstić information content (AvgIpc) is 2.40. The fourth-order valence-corrected chi connectivity index (χ4v) is 2.74. The van der Waals surface area contributed by atoms with Crippen molar-refractivity contribution in [3.05, 3.63) is 28.2 Å². The molecule has 1 aliphatic carbocycles. The molecule has 1 fully saturated rings. The number of hydrogen-bond donors (Lipinski definition) is 2. The second-order valence-corrected chi connectivity index (χ2v) is 6.31. The van der Waals surface area contributed by atoms with Crippen LogP contribution in [0, 0.1) is 11.8 Å². The Morgan fingerprint density at radius 2 is 1.87 bits per heavy atom. The van der Waals surface area contributed by atoms with Crippen molar-refractivity contribution in [2.45, 2.75) is 12.8 Å². The minimum Gasteiger partial charge on any atom is -0.481 e. The SMILES string of the molecule is CN(CC(=O)Nc1ccc(Cl)c(Cl)c1)C(=O)C1CCC1C(=O)O. The monoisotopic (exact) mass is 358 g/mol. The molecule has 6 nitrogen and oxygen atoms in total. The molecule has 0 radical (unpaired) electrons. The lowest BCUT2D eigenvalue weighted by Gasteiger charge is -2.34. The zero-order chi connectivity index (χ0) is 17.1. The molecule has 0 bridgehead atoms. The Kier molecular flexibility index (Phi) is 5.49. The first kappa shape index (κ1) is 17.6. The molecule has 1 saturated carbocycles. The number of rotatable bonds is 5. The van der Waals surface area contributed by atoms with Gasteiger partial charge in [0.1, 0.15) is 0 Å². The maximum atomic E-state index is 12.2. The van der Waals surface area contributed by atoms with Crippen molar-refractivity contribution in [3.8, 4) is 0 Å². The number of aliphatic carboxylic acids is 1. The van der Waals surface area contributed by atoms with E-state index in [0.717, 1.165) is 0 Å². The molecule has 0 saturated heterocycles. The van der Waals surface area contributed by atoms with E-state index in [4.69, 9.17) is 28.3 Å². The van der Waals surface area contributed by atoms with E-state index in [1.165, 1.54) is 18.0 Å². The lowest BCUT2D eigenvalue weighted by atomic mass is 9.73. The maximum absolute atomic E-state index is 12.2. The predicted molar refractivity (Wildman–Crippen MR) is 86.6 cm³/mol. The minimum absolute atomic E-state index is 0.165. The summed E-state index contributed by atoms with van der Waals surface area (Å²) in [5.74, 6) is -2.89. The van der Waals surface area contributed by atoms with Gasteiger partial charge in [-0.15, -0.1) is 0 Å². The van der Waals surface area contributed by atoms with E-state index in [9.17, 15) is 14.4 Å². The molecule has 2 rings (SSSR count). The number of carboxylic acids is 1. The Bertz CT molecular complexity index is 650. The predicted octanol–water partition coefficient (Wildman–Crippen LogP) is 2.50. The summed E-state index contributed by atoms with van der Waals surface area (Å²) in [5.41, 5.74) is 0.470. The number of amides is 2. The Morgan fingerprint density at radius 1 is 1.22 bits per heavy atom. The largest absolute Gasteiger partial charge is 0.481 e. The average molecular weight is 359 g/mol. The van der Waals surface area contributed by atoms with Crippen LogP contribution in [-0.4, -0.2) is 41.4 Å². The van der Waals surface area contributed by atoms with Gasteiger partial charge < -0.3 is 15.3 Å². The number of carbonyl (C=O) groups is 3. The first-order chi connectivity index (χ1) is 10.8. The number of nitrogens with zero attached hydrogens (tertiary/aromatic N) is 1. The molecule has 1 aromatic rings. The van der Waals surface area contributed by atoms with Crippen LogP contribution >= 0.6 is 23.2 Å². The van der Waals surface area contributed by atoms with Crippen LogP contribution in [0.4, 0.5) is 5.69 Å². The number of likely N-dealkylation sites (N-methyl/N-ethyl adjacent to an activating group) is 1. The van der Waals surface area contributed by atoms with Gasteiger partial charge in [0.25, 0.3) is 0 Å². The quantitative estimate of drug-likeness (QED) is 0.846. The second-order valence-electron chi connectivity index (χ2n) is 5.50. The highest BCUT2D eigenvalue weighted by molar-refractivity contribution is 6.42. The summed E-state index contributed by atoms with van der Waals surface area (Å²) in [7, 11) is 1.48. The Labute approximate surface area is 143 Å². The number of hydrogen-bond acceptors (Lipinski definition) is 3. The number of benzene rings is 1. The summed E-state index contributed by atoms with van der Waals surface area (Å²) in [5, 5.41) is 12.3. The van der Waals surface area contributed by atoms with E-state index in [2.05, 4.69) is 5.32 Å². The van der Waals surface area contributed by atoms with Crippen LogP contribution in [-0.2, 0) is 14.4 Å². The number of anilines is 1. The number of nitrogens with one attached hydrogen (secondary N) is 1. The third-order valence-electron chi connectivity index (χ3n) is 3.87. The standard InChI is InChI=1S/C15H16Cl2N2O4/c1-19(14(21)9-3-4-10(9)15(22)23)7-13(20)18-8-2-5-11(16)12(17)6-8/h2,5-6,9-10H,3-4,7H2,1H3,(H,18,20)(H,22,23). The summed E-state index contributed by atoms with van der Waals surface area (Å²) in [6.07, 6.45) is 1.03. The van der Waals surface area contributed by atoms with Gasteiger partial charge in [0.15, 0.2) is 0 Å². The molecule has 2 amide bonds. The zero-order valence-electron chi connectivity index (χ0n) is 12.4. The normalized spacial score (nSPS) is 19.6. The van der Waals surface area contributed by atoms with Gasteiger partial charge in [0, 0.05) is 12.7 Å². The van der Waals surface area contributed by atoms with Crippen LogP contribution < -0.4 is 5.32 Å². The molecule has 8 heteroatoms. The van der Waals surface area contributed by atoms with Crippen molar-refractivity contribution >= 4 is 46.7 Å². The van der Waals surface area contributed by atoms with Crippen LogP contribution in [0.1, 0.15) is 12.8 Å². The summed E-state index contributed by atoms with van der Waals surface area (Å²) < 4.78 is 0. The Hall–Kier alpha value is -1.79. The van der Waals surface area contributed by atoms with Gasteiger partial charge in [-0.1, -0.05) is 23.2 Å². The van der Waals surface area contributed by atoms with E-state index < -0.39 is 23.7 Å². The highest BCUT2D eigenvalue weighted by Crippen LogP contribution is 2.35. The molecule has 1 aromatic carbocycles. The molecule has 0 aromatic heterocycles. The summed E-state index contributed by atoms with van der Waals surface area (Å²) in [6.45, 7) is -0.165. The smallest absolute Gasteiger partial charge is 0.307 e. The van der Waals surface area contributed by atoms with Gasteiger partial charge in [-0.25, -0.2) is 0 Å². The van der Waals surface area contributed by atoms with Crippen molar-refractivity contribution in [2.75, 3.05) is 18.9 Å². The molecule has 2 unspecified atom stereocenters. The fraction of sp³-hybridized carbons (Fsp3) is 0.400. The van der Waals surface area contributed by atoms with Crippen molar-refractivity contribution in [1.82, 2.24) is 4.90 Å². The van der Waals surface area contributed by atoms with Gasteiger partial charge in [-0.3, -0.25) is 14.4 Å². The summed E-state index contributed by atoms with van der Waals surface area (Å²) in [4.78, 5) is 36.4. The summed E-state index contributed by atoms with van der Waals surface area (Å²) >= 11 is 11.7. The van der Waals surface area contributed by atoms with E-state index in [1.54, 1.807) is 12.1 Å². The minimum atomic E-state index is -0.969. The molecule has 0 aliphatic heterocycles. The van der Waals surface area contributed by atoms with Crippen molar-refractivity contribution in [2.24, 2.45) is 11.8 Å². The fourth-order valence-electron chi connectivity index (χ4n) is 2.44. The molecule has 23 heavy (non-hydrogen) atoms. The van der Waals surface area contributed by atoms with Crippen LogP contribution in [0.5, 0.6) is 0 Å². The number of halogens is 2. The van der Waals surface area contributed by atoms with Gasteiger partial charge in [-0.05, 0) is 31.0 Å². The maximum Gasteiger partial charge on any atom is 0.307 e. The Morgan fingerprint density at radius 3 is 2.39 bits per heavy atom. The first-order valence-corrected chi connectivity index (χ1v) is 7.78. The molecule has 0 heterocycles. The van der Waals surface area contributed by atoms with Crippen LogP contribution in [0.15, 0.2) is 18.2 Å². The van der Waals surface area contributed by atoms with Gasteiger partial charge in [-0.2, -0.15) is 0 Å². The Balaban J connectivity index is 1.90. The molecule has 2 N–H and O–H groups in total. The molecule has 0 spiro atoms. The van der Waals surface area contributed by atoms with E-state index in [1.807, 2.05) is 0 Å². The highest BCUT2D eigenvalue weighted by atomic mass is 35.5. The van der Waals surface area contributed by atoms with Crippen LogP contribution in [0.2, 0.25) is 10.0 Å². The third-order valence-corrected chi connectivity index (χ3v) is 4.61. The van der Waals surface area contributed by atoms with Gasteiger partial charge in [0.2, 0.25) is 11.8 Å². The molecule has 124 valence electrons. The van der Waals surface area contributed by atoms with Crippen molar-refractivity contribution in [3.63, 3.8) is 0 Å². The highest BCUT2D eigenvalue weighted by Gasteiger charge is 2.42. The number of carbonyl (C=O) groups excluding carboxylic acids is 2. The third kappa shape index (κ3) is 4.14. The van der Waals surface area contributed by atoms with Crippen molar-refractivity contribution in [1.29, 1.82) is 0 Å². The van der Waals surface area contributed by atoms with E-state index >= 15 is 0 Å². The lowest BCUT2D eigenvalue weighted by molar-refractivity contribution is -0.156. The zero-order valence-corrected chi connectivity index (χ0v) is 13.9. The number of carboxylic acid groups (broad SMARTS) is 1. The molecular formula is C15H16Cl2N2O4. The van der Waals surface area contributed by atoms with E-state index in [0.29, 0.717) is 28.6 Å². The van der Waals surface area contributed by atoms with Gasteiger partial charge >= 0.3 is 5.97 Å². The second kappa shape index (κ2) is 7.19. The van der Waals surface area contributed by atoms with Crippen molar-refractivity contribution < 1.29 is 19.5 Å². The van der Waals surface area contributed by atoms with Gasteiger partial charge in [0.05, 0.1) is 28.4 Å². The summed E-state index contributed by atoms with van der Waals surface area (Å²) in [6, 6.07) is 4.66. The molecular weight excluding hydrogens is 343 g/mol. The van der Waals surface area contributed by atoms with E-state index in [-0.39, 0.29) is 12.5 Å². The lowest BCUT2D eigenvalue weighted by Crippen LogP contribution is -2.46. The van der Waals surface area contributed by atoms with Crippen LogP contribution in [0.25, 0.3) is 0 Å². The molecule has 1 aliphatic rings. The first-order valence-electron chi connectivity index (χ1n) is 7.02. The molecule has 2 atom stereocenters.